The number of amides is 1. The predicted molar refractivity (Wildman–Crippen MR) is 355 cm³/mol. The Hall–Kier alpha value is -8.35. The number of ether oxygens (including phenoxy) is 1. The number of hydrogen-bond acceptors (Lipinski definition) is 12. The van der Waals surface area contributed by atoms with Crippen molar-refractivity contribution in [1.82, 2.24) is 34.3 Å². The average molecular weight is 1240 g/mol. The van der Waals surface area contributed by atoms with Crippen LogP contribution < -0.4 is 25.5 Å². The molecule has 1 unspecified atom stereocenters. The van der Waals surface area contributed by atoms with E-state index in [1.54, 1.807) is 22.8 Å². The molecule has 460 valence electrons. The van der Waals surface area contributed by atoms with Gasteiger partial charge in [0.1, 0.15) is 23.1 Å². The lowest BCUT2D eigenvalue weighted by atomic mass is 9.94. The minimum Gasteiger partial charge on any atom is -0.457 e. The maximum atomic E-state index is 13.2. The summed E-state index contributed by atoms with van der Waals surface area (Å²) in [5.41, 5.74) is 9.21. The van der Waals surface area contributed by atoms with E-state index < -0.39 is 6.11 Å². The zero-order chi connectivity index (χ0) is 62.2. The second-order valence-corrected chi connectivity index (χ2v) is 25.2. The van der Waals surface area contributed by atoms with Crippen LogP contribution in [-0.2, 0) is 9.59 Å². The number of hydrogen-bond donors (Lipinski definition) is 2. The van der Waals surface area contributed by atoms with Crippen molar-refractivity contribution < 1.29 is 32.3 Å². The number of Topliss-reactive ketones (excluding diaryl/α,β-unsaturated/α-hetero) is 1. The molecule has 4 saturated heterocycles. The number of likely N-dealkylation sites (N-methyl/N-ethyl adjacent to an activating group) is 1. The number of halogens is 3. The van der Waals surface area contributed by atoms with Crippen LogP contribution in [-0.4, -0.2) is 130 Å². The van der Waals surface area contributed by atoms with Gasteiger partial charge in [0, 0.05) is 94.9 Å². The maximum absolute atomic E-state index is 13.2. The Morgan fingerprint density at radius 3 is 2.38 bits per heavy atom. The number of carbonyl (C=O) groups is 3. The van der Waals surface area contributed by atoms with Crippen LogP contribution in [0.25, 0.3) is 69.0 Å². The third-order valence-electron chi connectivity index (χ3n) is 16.6. The van der Waals surface area contributed by atoms with E-state index in [2.05, 4.69) is 99.1 Å². The minimum atomic E-state index is -3.23. The van der Waals surface area contributed by atoms with Gasteiger partial charge in [-0.05, 0) is 179 Å². The van der Waals surface area contributed by atoms with E-state index in [1.165, 1.54) is 48.6 Å². The number of aromatic amines is 1. The van der Waals surface area contributed by atoms with E-state index >= 15 is 0 Å². The average Bonchev–Trinajstić information content (AvgIpc) is 3.26. The summed E-state index contributed by atoms with van der Waals surface area (Å²) in [6.45, 7) is 15.8. The smallest absolute Gasteiger partial charge is 0.394 e. The molecule has 0 bridgehead atoms. The predicted octanol–water partition coefficient (Wildman–Crippen LogP) is 13.4. The summed E-state index contributed by atoms with van der Waals surface area (Å²) >= 11 is 7.27. The van der Waals surface area contributed by atoms with Crippen molar-refractivity contribution >= 4 is 87.0 Å². The van der Waals surface area contributed by atoms with E-state index in [1.807, 2.05) is 102 Å². The first-order valence-corrected chi connectivity index (χ1v) is 31.7. The highest BCUT2D eigenvalue weighted by molar-refractivity contribution is 8.18. The Morgan fingerprint density at radius 2 is 1.60 bits per heavy atom. The monoisotopic (exact) mass is 1240 g/mol. The number of thioether (sulfide) groups is 1. The molecule has 13 rings (SSSR count). The SMILES string of the molecule is C=c1[nH]c2ccc(Cl)cc2/c1=C\c1ccc(-c2cccc(C(=O)N3CCCN(C)CC3)c2)o1.CC1CCCN(c2c(/C=C3\SC(=O)CC3=O)cccc2-c2ccccc2)C1.CN1CCC(CNc2ccc3ncc(-c4cccc(OC(C)(F)F)c4)n3n2)CC1. The first kappa shape index (κ1) is 62.3. The van der Waals surface area contributed by atoms with E-state index in [4.69, 9.17) is 20.8 Å². The number of likely N-dealkylation sites (tertiary alicyclic amines) is 1. The molecular formula is C71H74ClF2N9O5S. The Morgan fingerprint density at radius 1 is 0.820 bits per heavy atom. The second-order valence-electron chi connectivity index (χ2n) is 23.7. The first-order chi connectivity index (χ1) is 43.0. The molecule has 4 aromatic heterocycles. The molecule has 89 heavy (non-hydrogen) atoms. The molecule has 18 heteroatoms. The molecule has 4 aliphatic rings. The number of aromatic nitrogens is 4. The number of ketones is 1. The van der Waals surface area contributed by atoms with E-state index in [0.29, 0.717) is 50.0 Å². The summed E-state index contributed by atoms with van der Waals surface area (Å²) in [7, 11) is 4.25. The Balaban J connectivity index is 0.000000138. The Kier molecular flexibility index (Phi) is 19.6. The Labute approximate surface area is 526 Å². The molecule has 4 fully saturated rings. The largest absolute Gasteiger partial charge is 0.457 e. The number of fused-ring (bicyclic) bond motifs is 2. The van der Waals surface area contributed by atoms with Gasteiger partial charge in [-0.15, -0.1) is 5.10 Å². The highest BCUT2D eigenvalue weighted by Gasteiger charge is 2.29. The molecule has 5 aromatic carbocycles. The van der Waals surface area contributed by atoms with Crippen molar-refractivity contribution in [1.29, 1.82) is 0 Å². The molecule has 1 atom stereocenters. The second kappa shape index (κ2) is 28.0. The molecular weight excluding hydrogens is 1160 g/mol. The van der Waals surface area contributed by atoms with Gasteiger partial charge in [-0.2, -0.15) is 8.78 Å². The van der Waals surface area contributed by atoms with Crippen LogP contribution in [0.2, 0.25) is 5.02 Å². The van der Waals surface area contributed by atoms with Crippen LogP contribution in [0, 0.1) is 11.8 Å². The van der Waals surface area contributed by atoms with E-state index in [9.17, 15) is 23.2 Å². The molecule has 14 nitrogen and oxygen atoms in total. The lowest BCUT2D eigenvalue weighted by Gasteiger charge is -2.35. The van der Waals surface area contributed by atoms with Gasteiger partial charge in [0.2, 0.25) is 5.12 Å². The highest BCUT2D eigenvalue weighted by Crippen LogP contribution is 2.40. The summed E-state index contributed by atoms with van der Waals surface area (Å²) in [6.07, 6.45) is 8.12. The number of rotatable bonds is 12. The molecule has 9 aromatic rings. The van der Waals surface area contributed by atoms with Gasteiger partial charge >= 0.3 is 6.11 Å². The third kappa shape index (κ3) is 15.7. The number of nitrogens with one attached hydrogen (secondary N) is 2. The van der Waals surface area contributed by atoms with Crippen LogP contribution >= 0.6 is 23.4 Å². The number of furan rings is 1. The fourth-order valence-corrected chi connectivity index (χ4v) is 12.9. The normalized spacial score (nSPS) is 17.8. The number of imidazole rings is 1. The number of para-hydroxylation sites is 1. The fraction of sp³-hybridized carbons (Fsp3) is 0.310. The Bertz CT molecular complexity index is 4150. The summed E-state index contributed by atoms with van der Waals surface area (Å²) in [4.78, 5) is 54.2. The molecule has 1 amide bonds. The third-order valence-corrected chi connectivity index (χ3v) is 17.8. The van der Waals surface area contributed by atoms with Gasteiger partial charge in [0.25, 0.3) is 5.91 Å². The molecule has 2 N–H and O–H groups in total. The van der Waals surface area contributed by atoms with Gasteiger partial charge in [0.15, 0.2) is 11.4 Å². The van der Waals surface area contributed by atoms with E-state index in [0.717, 1.165) is 128 Å². The van der Waals surface area contributed by atoms with Crippen molar-refractivity contribution in [3.05, 3.63) is 183 Å². The molecule has 0 spiro atoms. The quantitative estimate of drug-likeness (QED) is 0.0887. The van der Waals surface area contributed by atoms with Crippen LogP contribution in [0.1, 0.15) is 74.1 Å². The first-order valence-electron chi connectivity index (χ1n) is 30.5. The number of alkyl halides is 2. The molecule has 0 radical (unpaired) electrons. The van der Waals surface area contributed by atoms with Crippen LogP contribution in [0.15, 0.2) is 155 Å². The molecule has 0 saturated carbocycles. The molecule has 0 aliphatic carbocycles. The van der Waals surface area contributed by atoms with Gasteiger partial charge in [-0.3, -0.25) is 14.4 Å². The topological polar surface area (TPSA) is 145 Å². The number of H-pyrrole nitrogens is 1. The zero-order valence-electron chi connectivity index (χ0n) is 50.7. The summed E-state index contributed by atoms with van der Waals surface area (Å²) in [5, 5.41) is 11.5. The maximum Gasteiger partial charge on any atom is 0.394 e. The molecule has 4 aliphatic heterocycles. The van der Waals surface area contributed by atoms with Crippen LogP contribution in [0.5, 0.6) is 5.75 Å². The van der Waals surface area contributed by atoms with Crippen molar-refractivity contribution in [2.24, 2.45) is 11.8 Å². The highest BCUT2D eigenvalue weighted by atomic mass is 35.5. The van der Waals surface area contributed by atoms with Crippen LogP contribution in [0.3, 0.4) is 0 Å². The van der Waals surface area contributed by atoms with Gasteiger partial charge < -0.3 is 39.1 Å². The number of carbonyl (C=O) groups excluding carboxylic acids is 3. The van der Waals surface area contributed by atoms with Crippen molar-refractivity contribution in [2.75, 3.05) is 83.2 Å². The van der Waals surface area contributed by atoms with Crippen molar-refractivity contribution in [3.8, 4) is 39.5 Å². The number of allylic oxidation sites excluding steroid dienone is 1. The lowest BCUT2D eigenvalue weighted by molar-refractivity contribution is -0.158. The standard InChI is InChI=1S/C27H26ClN3O2.C23H23NO2S.C21H25F2N5O/c1-18-23(24-16-21(28)7-9-25(24)29-18)17-22-8-10-26(33-22)19-5-3-6-20(15-19)27(32)31-12-4-11-30(2)13-14-31;1-16-7-6-12-24(15-16)23-18(13-21-20(25)14-22(26)27-21)10-5-11-19(23)17-8-3-2-4-9-17;1-21(22,23)29-17-5-3-4-16(12-17)18-14-25-20-7-6-19(26-28(18)20)24-13-15-8-10-27(2)11-9-15/h3,5-10,15-17,29H,1,4,11-14H2,2H3;2-5,8-11,13,16H,6-7,12,14-15H2,1H3;3-7,12,14-15H,8-11,13H2,1-2H3,(H,24,26)/b23-17-;21-13-;. The number of nitrogens with zero attached hydrogens (tertiary/aromatic N) is 7. The number of anilines is 2. The van der Waals surface area contributed by atoms with E-state index in [-0.39, 0.29) is 29.0 Å². The van der Waals surface area contributed by atoms with Crippen molar-refractivity contribution in [2.45, 2.75) is 58.5 Å². The summed E-state index contributed by atoms with van der Waals surface area (Å²) in [6, 6.07) is 44.3. The van der Waals surface area contributed by atoms with Gasteiger partial charge in [-0.1, -0.05) is 97.9 Å². The minimum absolute atomic E-state index is 0.0188. The summed E-state index contributed by atoms with van der Waals surface area (Å²) < 4.78 is 38.9. The zero-order valence-corrected chi connectivity index (χ0v) is 52.3. The van der Waals surface area contributed by atoms with Gasteiger partial charge in [-0.25, -0.2) is 9.50 Å². The van der Waals surface area contributed by atoms with Crippen molar-refractivity contribution in [3.63, 3.8) is 0 Å². The van der Waals surface area contributed by atoms with Gasteiger partial charge in [0.05, 0.1) is 28.9 Å². The fourth-order valence-electron chi connectivity index (χ4n) is 11.9. The number of piperidine rings is 2. The van der Waals surface area contributed by atoms with Crippen LogP contribution in [0.4, 0.5) is 20.3 Å². The number of benzene rings is 5. The molecule has 8 heterocycles. The lowest BCUT2D eigenvalue weighted by Crippen LogP contribution is -2.35. The summed E-state index contributed by atoms with van der Waals surface area (Å²) in [5.74, 6) is 3.58.